The van der Waals surface area contributed by atoms with Gasteiger partial charge in [0, 0.05) is 11.8 Å². The van der Waals surface area contributed by atoms with Crippen molar-refractivity contribution in [2.75, 3.05) is 13.2 Å². The van der Waals surface area contributed by atoms with Gasteiger partial charge in [-0.2, -0.15) is 0 Å². The summed E-state index contributed by atoms with van der Waals surface area (Å²) in [4.78, 5) is 0. The summed E-state index contributed by atoms with van der Waals surface area (Å²) in [5, 5.41) is 9.98. The third kappa shape index (κ3) is 3.20. The van der Waals surface area contributed by atoms with E-state index in [0.29, 0.717) is 26.1 Å². The Morgan fingerprint density at radius 1 is 1.33 bits per heavy atom. The second-order valence-corrected chi connectivity index (χ2v) is 4.89. The van der Waals surface area contributed by atoms with Crippen LogP contribution in [0.3, 0.4) is 0 Å². The molecule has 1 atom stereocenters. The third-order valence-electron chi connectivity index (χ3n) is 2.87. The van der Waals surface area contributed by atoms with E-state index in [1.807, 2.05) is 20.8 Å². The number of hydrogen-bond acceptors (Lipinski definition) is 3. The highest BCUT2D eigenvalue weighted by Gasteiger charge is 2.41. The van der Waals surface area contributed by atoms with Crippen LogP contribution in [0.5, 0.6) is 0 Å². The zero-order chi connectivity index (χ0) is 11.5. The molecule has 0 aliphatic carbocycles. The zero-order valence-electron chi connectivity index (χ0n) is 9.75. The maximum absolute atomic E-state index is 9.98. The van der Waals surface area contributed by atoms with Gasteiger partial charge in [-0.15, -0.1) is 12.3 Å². The lowest BCUT2D eigenvalue weighted by Gasteiger charge is -2.43. The van der Waals surface area contributed by atoms with Gasteiger partial charge in [0.15, 0.2) is 5.79 Å². The van der Waals surface area contributed by atoms with Crippen molar-refractivity contribution >= 4 is 0 Å². The third-order valence-corrected chi connectivity index (χ3v) is 2.87. The molecular weight excluding hydrogens is 192 g/mol. The van der Waals surface area contributed by atoms with Gasteiger partial charge in [0.2, 0.25) is 0 Å². The Morgan fingerprint density at radius 2 is 1.87 bits per heavy atom. The first kappa shape index (κ1) is 12.5. The van der Waals surface area contributed by atoms with Crippen molar-refractivity contribution in [3.63, 3.8) is 0 Å². The molecule has 1 rings (SSSR count). The Balaban J connectivity index is 2.51. The molecule has 3 nitrogen and oxygen atoms in total. The van der Waals surface area contributed by atoms with Crippen molar-refractivity contribution in [2.24, 2.45) is 5.41 Å². The summed E-state index contributed by atoms with van der Waals surface area (Å²) < 4.78 is 11.1. The molecule has 0 aromatic rings. The second-order valence-electron chi connectivity index (χ2n) is 4.89. The van der Waals surface area contributed by atoms with Crippen molar-refractivity contribution in [1.29, 1.82) is 0 Å². The molecule has 0 radical (unpaired) electrons. The molecule has 0 bridgehead atoms. The van der Waals surface area contributed by atoms with Gasteiger partial charge in [-0.05, 0) is 20.3 Å². The van der Waals surface area contributed by atoms with Gasteiger partial charge < -0.3 is 14.6 Å². The summed E-state index contributed by atoms with van der Waals surface area (Å²) in [6, 6.07) is 0. The Hall–Kier alpha value is -0.560. The van der Waals surface area contributed by atoms with Crippen LogP contribution in [0.4, 0.5) is 0 Å². The first-order chi connectivity index (χ1) is 6.90. The summed E-state index contributed by atoms with van der Waals surface area (Å²) in [7, 11) is 0. The minimum Gasteiger partial charge on any atom is -0.392 e. The van der Waals surface area contributed by atoms with Crippen LogP contribution in [-0.2, 0) is 9.47 Å². The van der Waals surface area contributed by atoms with Gasteiger partial charge in [0.25, 0.3) is 0 Å². The van der Waals surface area contributed by atoms with Gasteiger partial charge in [-0.3, -0.25) is 0 Å². The molecule has 0 saturated carbocycles. The number of terminal acetylenes is 1. The van der Waals surface area contributed by atoms with Gasteiger partial charge in [0.05, 0.1) is 19.3 Å². The molecule has 3 heteroatoms. The lowest BCUT2D eigenvalue weighted by Crippen LogP contribution is -2.50. The van der Waals surface area contributed by atoms with E-state index in [9.17, 15) is 5.11 Å². The molecular formula is C12H20O3. The molecule has 1 aliphatic rings. The summed E-state index contributed by atoms with van der Waals surface area (Å²) in [5.74, 6) is 1.99. The lowest BCUT2D eigenvalue weighted by molar-refractivity contribution is -0.295. The highest BCUT2D eigenvalue weighted by atomic mass is 16.7. The van der Waals surface area contributed by atoms with Gasteiger partial charge in [0.1, 0.15) is 0 Å². The summed E-state index contributed by atoms with van der Waals surface area (Å²) >= 11 is 0. The maximum atomic E-state index is 9.98. The highest BCUT2D eigenvalue weighted by molar-refractivity contribution is 4.90. The van der Waals surface area contributed by atoms with Crippen LogP contribution in [0.25, 0.3) is 0 Å². The molecule has 1 saturated heterocycles. The molecule has 1 aliphatic heterocycles. The number of hydrogen-bond donors (Lipinski definition) is 1. The van der Waals surface area contributed by atoms with E-state index >= 15 is 0 Å². The minimum atomic E-state index is -0.536. The van der Waals surface area contributed by atoms with Gasteiger partial charge in [-0.1, -0.05) is 6.92 Å². The monoisotopic (exact) mass is 212 g/mol. The number of aliphatic hydroxyl groups is 1. The highest BCUT2D eigenvalue weighted by Crippen LogP contribution is 2.33. The Morgan fingerprint density at radius 3 is 2.33 bits per heavy atom. The van der Waals surface area contributed by atoms with Crippen molar-refractivity contribution < 1.29 is 14.6 Å². The van der Waals surface area contributed by atoms with Crippen LogP contribution >= 0.6 is 0 Å². The van der Waals surface area contributed by atoms with E-state index in [4.69, 9.17) is 15.9 Å². The first-order valence-corrected chi connectivity index (χ1v) is 5.29. The van der Waals surface area contributed by atoms with Crippen molar-refractivity contribution in [3.05, 3.63) is 0 Å². The fraction of sp³-hybridized carbons (Fsp3) is 0.833. The minimum absolute atomic E-state index is 0.341. The second kappa shape index (κ2) is 4.52. The van der Waals surface area contributed by atoms with Crippen molar-refractivity contribution in [3.8, 4) is 12.3 Å². The Bertz CT molecular complexity index is 242. The molecule has 0 aromatic carbocycles. The summed E-state index contributed by atoms with van der Waals surface area (Å²) in [5.41, 5.74) is -0.341. The maximum Gasteiger partial charge on any atom is 0.162 e. The fourth-order valence-electron chi connectivity index (χ4n) is 1.52. The first-order valence-electron chi connectivity index (χ1n) is 5.29. The van der Waals surface area contributed by atoms with E-state index in [-0.39, 0.29) is 5.41 Å². The van der Waals surface area contributed by atoms with Crippen LogP contribution in [0.2, 0.25) is 0 Å². The molecule has 86 valence electrons. The average molecular weight is 212 g/mol. The van der Waals surface area contributed by atoms with E-state index in [1.54, 1.807) is 0 Å². The van der Waals surface area contributed by atoms with Crippen LogP contribution < -0.4 is 0 Å². The lowest BCUT2D eigenvalue weighted by atomic mass is 9.83. The Kier molecular flexibility index (Phi) is 3.77. The van der Waals surface area contributed by atoms with Crippen molar-refractivity contribution in [2.45, 2.75) is 45.5 Å². The predicted molar refractivity (Wildman–Crippen MR) is 58.2 cm³/mol. The predicted octanol–water partition coefficient (Wildman–Crippen LogP) is 1.55. The van der Waals surface area contributed by atoms with Gasteiger partial charge in [-0.25, -0.2) is 0 Å². The van der Waals surface area contributed by atoms with Crippen LogP contribution in [0.1, 0.15) is 33.6 Å². The standard InChI is InChI=1S/C12H20O3/c1-5-6-7-10(13)12(4)8-14-11(2,3)15-9-12/h1,10,13H,6-9H2,2-4H3/t10-/m0/s1. The quantitative estimate of drug-likeness (QED) is 0.721. The van der Waals surface area contributed by atoms with Crippen molar-refractivity contribution in [1.82, 2.24) is 0 Å². The summed E-state index contributed by atoms with van der Waals surface area (Å²) in [6.45, 7) is 6.72. The molecule has 1 fully saturated rings. The number of rotatable bonds is 3. The van der Waals surface area contributed by atoms with E-state index in [0.717, 1.165) is 0 Å². The normalized spacial score (nSPS) is 25.5. The zero-order valence-corrected chi connectivity index (χ0v) is 9.75. The summed E-state index contributed by atoms with van der Waals surface area (Å²) in [6.07, 6.45) is 5.88. The smallest absolute Gasteiger partial charge is 0.162 e. The average Bonchev–Trinajstić information content (AvgIpc) is 2.19. The van der Waals surface area contributed by atoms with Crippen LogP contribution in [0, 0.1) is 17.8 Å². The molecule has 0 aromatic heterocycles. The van der Waals surface area contributed by atoms with Crippen LogP contribution in [-0.4, -0.2) is 30.2 Å². The number of ether oxygens (including phenoxy) is 2. The number of aliphatic hydroxyl groups excluding tert-OH is 1. The molecule has 15 heavy (non-hydrogen) atoms. The molecule has 1 N–H and O–H groups in total. The topological polar surface area (TPSA) is 38.7 Å². The van der Waals surface area contributed by atoms with E-state index in [2.05, 4.69) is 5.92 Å². The molecule has 0 unspecified atom stereocenters. The largest absolute Gasteiger partial charge is 0.392 e. The molecule has 1 heterocycles. The van der Waals surface area contributed by atoms with E-state index < -0.39 is 11.9 Å². The SMILES string of the molecule is C#CCC[C@H](O)C1(C)COC(C)(C)OC1. The van der Waals surface area contributed by atoms with Gasteiger partial charge >= 0.3 is 0 Å². The van der Waals surface area contributed by atoms with E-state index in [1.165, 1.54) is 0 Å². The Labute approximate surface area is 91.8 Å². The molecule has 0 spiro atoms. The van der Waals surface area contributed by atoms with Crippen LogP contribution in [0.15, 0.2) is 0 Å². The fourth-order valence-corrected chi connectivity index (χ4v) is 1.52. The molecule has 0 amide bonds.